The monoisotopic (exact) mass is 248 g/mol. The van der Waals surface area contributed by atoms with Crippen molar-refractivity contribution in [3.05, 3.63) is 39.4 Å². The quantitative estimate of drug-likeness (QED) is 0.586. The number of hydrogen-bond donors (Lipinski definition) is 2. The molecule has 0 aliphatic rings. The van der Waals surface area contributed by atoms with Gasteiger partial charge in [0.1, 0.15) is 5.82 Å². The number of hydrazine groups is 1. The summed E-state index contributed by atoms with van der Waals surface area (Å²) in [5.41, 5.74) is 4.92. The Labute approximate surface area is 104 Å². The first-order valence-corrected chi connectivity index (χ1v) is 5.56. The Kier molecular flexibility index (Phi) is 3.15. The van der Waals surface area contributed by atoms with Gasteiger partial charge < -0.3 is 5.43 Å². The van der Waals surface area contributed by atoms with E-state index in [1.807, 2.05) is 13.8 Å². The molecule has 2 aromatic rings. The van der Waals surface area contributed by atoms with Crippen molar-refractivity contribution < 1.29 is 0 Å². The average molecular weight is 248 g/mol. The number of nitrogens with zero attached hydrogens (tertiary/aromatic N) is 4. The average Bonchev–Trinajstić information content (AvgIpc) is 2.58. The number of aromatic nitrogens is 4. The molecular weight excluding hydrogens is 232 g/mol. The topological polar surface area (TPSA) is 90.8 Å². The molecule has 96 valence electrons. The Bertz CT molecular complexity index is 627. The van der Waals surface area contributed by atoms with Crippen LogP contribution in [0.2, 0.25) is 0 Å². The van der Waals surface area contributed by atoms with Gasteiger partial charge in [-0.15, -0.1) is 0 Å². The summed E-state index contributed by atoms with van der Waals surface area (Å²) in [6.07, 6.45) is 0. The highest BCUT2D eigenvalue weighted by atomic mass is 16.1. The highest BCUT2D eigenvalue weighted by Crippen LogP contribution is 2.17. The fourth-order valence-electron chi connectivity index (χ4n) is 1.89. The van der Waals surface area contributed by atoms with Crippen LogP contribution in [0.4, 0.5) is 5.82 Å². The summed E-state index contributed by atoms with van der Waals surface area (Å²) >= 11 is 0. The summed E-state index contributed by atoms with van der Waals surface area (Å²) < 4.78 is 3.05. The molecule has 7 nitrogen and oxygen atoms in total. The molecule has 0 unspecified atom stereocenters. The number of nitrogens with one attached hydrogen (secondary N) is 1. The Hall–Kier alpha value is -2.15. The fraction of sp³-hybridized carbons (Fsp3) is 0.364. The van der Waals surface area contributed by atoms with E-state index in [1.54, 1.807) is 17.8 Å². The largest absolute Gasteiger partial charge is 0.308 e. The van der Waals surface area contributed by atoms with E-state index in [-0.39, 0.29) is 5.56 Å². The van der Waals surface area contributed by atoms with E-state index in [0.717, 1.165) is 17.0 Å². The highest BCUT2D eigenvalue weighted by Gasteiger charge is 2.13. The number of nitrogen functional groups attached to an aromatic ring is 1. The molecule has 2 rings (SSSR count). The van der Waals surface area contributed by atoms with E-state index in [2.05, 4.69) is 15.6 Å². The van der Waals surface area contributed by atoms with Crippen LogP contribution in [0, 0.1) is 13.8 Å². The summed E-state index contributed by atoms with van der Waals surface area (Å²) in [7, 11) is 1.79. The van der Waals surface area contributed by atoms with Crippen LogP contribution in [-0.2, 0) is 13.6 Å². The van der Waals surface area contributed by atoms with Gasteiger partial charge in [0.2, 0.25) is 0 Å². The third-order valence-corrected chi connectivity index (χ3v) is 2.79. The normalized spacial score (nSPS) is 10.7. The molecule has 18 heavy (non-hydrogen) atoms. The summed E-state index contributed by atoms with van der Waals surface area (Å²) in [6.45, 7) is 4.06. The van der Waals surface area contributed by atoms with Gasteiger partial charge in [-0.2, -0.15) is 10.2 Å². The van der Waals surface area contributed by atoms with Crippen molar-refractivity contribution in [1.82, 2.24) is 19.6 Å². The van der Waals surface area contributed by atoms with Crippen LogP contribution in [0.3, 0.4) is 0 Å². The molecule has 2 aromatic heterocycles. The lowest BCUT2D eigenvalue weighted by Gasteiger charge is -2.07. The number of nitrogens with two attached hydrogens (primary N) is 1. The molecule has 0 amide bonds. The molecule has 0 saturated heterocycles. The zero-order valence-electron chi connectivity index (χ0n) is 10.6. The van der Waals surface area contributed by atoms with E-state index in [0.29, 0.717) is 12.4 Å². The fourth-order valence-corrected chi connectivity index (χ4v) is 1.89. The highest BCUT2D eigenvalue weighted by molar-refractivity contribution is 5.46. The van der Waals surface area contributed by atoms with Gasteiger partial charge in [-0.05, 0) is 19.9 Å². The van der Waals surface area contributed by atoms with Gasteiger partial charge in [-0.3, -0.25) is 9.48 Å². The summed E-state index contributed by atoms with van der Waals surface area (Å²) in [5.74, 6) is 6.15. The molecule has 0 aliphatic carbocycles. The van der Waals surface area contributed by atoms with Gasteiger partial charge in [-0.25, -0.2) is 10.5 Å². The number of aryl methyl sites for hydroxylation is 3. The molecule has 7 heteroatoms. The Morgan fingerprint density at radius 1 is 1.33 bits per heavy atom. The van der Waals surface area contributed by atoms with E-state index < -0.39 is 0 Å². The zero-order valence-corrected chi connectivity index (χ0v) is 10.6. The van der Waals surface area contributed by atoms with E-state index in [9.17, 15) is 4.79 Å². The summed E-state index contributed by atoms with van der Waals surface area (Å²) in [6, 6.07) is 3.20. The van der Waals surface area contributed by atoms with Crippen molar-refractivity contribution in [2.75, 3.05) is 5.43 Å². The maximum atomic E-state index is 11.7. The minimum atomic E-state index is -0.146. The lowest BCUT2D eigenvalue weighted by atomic mass is 10.2. The second-order valence-corrected chi connectivity index (χ2v) is 4.15. The molecule has 0 fully saturated rings. The lowest BCUT2D eigenvalue weighted by molar-refractivity contribution is 0.627. The molecule has 0 spiro atoms. The van der Waals surface area contributed by atoms with Gasteiger partial charge in [0, 0.05) is 18.7 Å². The Morgan fingerprint density at radius 2 is 2.06 bits per heavy atom. The SMILES string of the molecule is Cc1ccc(=O)n(Cc2c(C)nn(C)c2NN)n1. The van der Waals surface area contributed by atoms with Gasteiger partial charge >= 0.3 is 0 Å². The standard InChI is InChI=1S/C11H16N6O/c1-7-4-5-10(18)17(14-7)6-9-8(2)15-16(3)11(9)13-12/h4-5,13H,6,12H2,1-3H3. The predicted molar refractivity (Wildman–Crippen MR) is 68.1 cm³/mol. The molecular formula is C11H16N6O. The summed E-state index contributed by atoms with van der Waals surface area (Å²) in [4.78, 5) is 11.7. The van der Waals surface area contributed by atoms with Gasteiger partial charge in [-0.1, -0.05) is 0 Å². The molecule has 0 atom stereocenters. The van der Waals surface area contributed by atoms with Gasteiger partial charge in [0.25, 0.3) is 5.56 Å². The predicted octanol–water partition coefficient (Wildman–Crippen LogP) is -0.0725. The van der Waals surface area contributed by atoms with Crippen molar-refractivity contribution in [1.29, 1.82) is 0 Å². The number of anilines is 1. The molecule has 0 radical (unpaired) electrons. The van der Waals surface area contributed by atoms with E-state index in [1.165, 1.54) is 10.7 Å². The van der Waals surface area contributed by atoms with Crippen molar-refractivity contribution in [3.63, 3.8) is 0 Å². The summed E-state index contributed by atoms with van der Waals surface area (Å²) in [5, 5.41) is 8.45. The first-order chi connectivity index (χ1) is 8.52. The van der Waals surface area contributed by atoms with Gasteiger partial charge in [0.05, 0.1) is 17.9 Å². The van der Waals surface area contributed by atoms with Crippen molar-refractivity contribution in [2.24, 2.45) is 12.9 Å². The van der Waals surface area contributed by atoms with Crippen molar-refractivity contribution in [2.45, 2.75) is 20.4 Å². The molecule has 3 N–H and O–H groups in total. The van der Waals surface area contributed by atoms with Crippen LogP contribution in [0.5, 0.6) is 0 Å². The van der Waals surface area contributed by atoms with E-state index >= 15 is 0 Å². The first-order valence-electron chi connectivity index (χ1n) is 5.56. The third-order valence-electron chi connectivity index (χ3n) is 2.79. The lowest BCUT2D eigenvalue weighted by Crippen LogP contribution is -2.24. The molecule has 2 heterocycles. The van der Waals surface area contributed by atoms with Crippen LogP contribution in [0.15, 0.2) is 16.9 Å². The smallest absolute Gasteiger partial charge is 0.267 e. The number of hydrogen-bond acceptors (Lipinski definition) is 5. The van der Waals surface area contributed by atoms with Crippen molar-refractivity contribution >= 4 is 5.82 Å². The third kappa shape index (κ3) is 2.12. The minimum Gasteiger partial charge on any atom is -0.308 e. The van der Waals surface area contributed by atoms with E-state index in [4.69, 9.17) is 5.84 Å². The van der Waals surface area contributed by atoms with Crippen LogP contribution in [0.25, 0.3) is 0 Å². The minimum absolute atomic E-state index is 0.146. The zero-order chi connectivity index (χ0) is 13.3. The second-order valence-electron chi connectivity index (χ2n) is 4.15. The maximum Gasteiger partial charge on any atom is 0.267 e. The second kappa shape index (κ2) is 4.61. The molecule has 0 bridgehead atoms. The number of rotatable bonds is 3. The Balaban J connectivity index is 2.46. The van der Waals surface area contributed by atoms with Crippen LogP contribution >= 0.6 is 0 Å². The van der Waals surface area contributed by atoms with Crippen LogP contribution < -0.4 is 16.8 Å². The maximum absolute atomic E-state index is 11.7. The van der Waals surface area contributed by atoms with Crippen molar-refractivity contribution in [3.8, 4) is 0 Å². The van der Waals surface area contributed by atoms with Crippen LogP contribution in [0.1, 0.15) is 17.0 Å². The molecule has 0 aliphatic heterocycles. The first kappa shape index (κ1) is 12.3. The molecule has 0 aromatic carbocycles. The molecule has 0 saturated carbocycles. The van der Waals surface area contributed by atoms with Crippen LogP contribution in [-0.4, -0.2) is 19.6 Å². The Morgan fingerprint density at radius 3 is 2.72 bits per heavy atom. The van der Waals surface area contributed by atoms with Gasteiger partial charge in [0.15, 0.2) is 0 Å².